The molecule has 0 aromatic carbocycles. The van der Waals surface area contributed by atoms with E-state index < -0.39 is 5.60 Å². The predicted molar refractivity (Wildman–Crippen MR) is 75.8 cm³/mol. The highest BCUT2D eigenvalue weighted by Gasteiger charge is 2.54. The molecule has 2 rings (SSSR count). The lowest BCUT2D eigenvalue weighted by atomic mass is 9.89. The number of carbonyl (C=O) groups is 1. The second kappa shape index (κ2) is 4.97. The summed E-state index contributed by atoms with van der Waals surface area (Å²) in [6.45, 7) is 9.50. The molecule has 2 unspecified atom stereocenters. The van der Waals surface area contributed by atoms with Gasteiger partial charge in [0.25, 0.3) is 0 Å². The second-order valence-electron chi connectivity index (χ2n) is 7.44. The van der Waals surface area contributed by atoms with E-state index in [1.165, 1.54) is 6.42 Å². The van der Waals surface area contributed by atoms with Crippen LogP contribution in [0, 0.1) is 11.3 Å². The first-order chi connectivity index (χ1) is 8.72. The molecule has 0 radical (unpaired) electrons. The molecule has 1 saturated heterocycles. The zero-order chi connectivity index (χ0) is 14.3. The molecule has 2 fully saturated rings. The summed E-state index contributed by atoms with van der Waals surface area (Å²) in [7, 11) is 0. The SMILES string of the molecule is CC(N)CC1CC12CCN(C(=O)OC(C)(C)C)CC2. The number of hydrogen-bond donors (Lipinski definition) is 1. The van der Waals surface area contributed by atoms with Gasteiger partial charge < -0.3 is 15.4 Å². The van der Waals surface area contributed by atoms with Crippen molar-refractivity contribution in [2.75, 3.05) is 13.1 Å². The predicted octanol–water partition coefficient (Wildman–Crippen LogP) is 2.76. The van der Waals surface area contributed by atoms with Crippen molar-refractivity contribution in [3.8, 4) is 0 Å². The Morgan fingerprint density at radius 2 is 2.00 bits per heavy atom. The molecule has 4 heteroatoms. The molecule has 2 N–H and O–H groups in total. The Bertz CT molecular complexity index is 339. The van der Waals surface area contributed by atoms with Crippen molar-refractivity contribution in [3.05, 3.63) is 0 Å². The summed E-state index contributed by atoms with van der Waals surface area (Å²) in [6, 6.07) is 0.299. The summed E-state index contributed by atoms with van der Waals surface area (Å²) in [5, 5.41) is 0. The maximum Gasteiger partial charge on any atom is 0.410 e. The molecule has 4 nitrogen and oxygen atoms in total. The Morgan fingerprint density at radius 3 is 2.47 bits per heavy atom. The highest BCUT2D eigenvalue weighted by atomic mass is 16.6. The first kappa shape index (κ1) is 14.6. The van der Waals surface area contributed by atoms with Crippen LogP contribution in [0.1, 0.15) is 53.4 Å². The lowest BCUT2D eigenvalue weighted by molar-refractivity contribution is 0.0164. The molecule has 1 saturated carbocycles. The number of piperidine rings is 1. The average molecular weight is 268 g/mol. The zero-order valence-electron chi connectivity index (χ0n) is 12.7. The first-order valence-corrected chi connectivity index (χ1v) is 7.45. The molecule has 2 aliphatic rings. The standard InChI is InChI=1S/C15H28N2O2/c1-11(16)9-12-10-15(12)5-7-17(8-6-15)13(18)19-14(2,3)4/h11-12H,5-10,16H2,1-4H3. The fourth-order valence-electron chi connectivity index (χ4n) is 3.29. The largest absolute Gasteiger partial charge is 0.444 e. The van der Waals surface area contributed by atoms with Crippen LogP contribution in [0.25, 0.3) is 0 Å². The van der Waals surface area contributed by atoms with Gasteiger partial charge in [0.1, 0.15) is 5.60 Å². The number of hydrogen-bond acceptors (Lipinski definition) is 3. The Labute approximate surface area is 116 Å². The van der Waals surface area contributed by atoms with Gasteiger partial charge in [0, 0.05) is 19.1 Å². The van der Waals surface area contributed by atoms with Crippen molar-refractivity contribution in [3.63, 3.8) is 0 Å². The monoisotopic (exact) mass is 268 g/mol. The molecule has 1 heterocycles. The highest BCUT2D eigenvalue weighted by Crippen LogP contribution is 2.61. The van der Waals surface area contributed by atoms with E-state index in [0.29, 0.717) is 11.5 Å². The molecular weight excluding hydrogens is 240 g/mol. The summed E-state index contributed by atoms with van der Waals surface area (Å²) in [6.07, 6.45) is 4.50. The second-order valence-corrected chi connectivity index (χ2v) is 7.44. The molecular formula is C15H28N2O2. The zero-order valence-corrected chi connectivity index (χ0v) is 12.7. The summed E-state index contributed by atoms with van der Waals surface area (Å²) in [5.74, 6) is 0.785. The van der Waals surface area contributed by atoms with E-state index in [1.54, 1.807) is 0 Å². The number of likely N-dealkylation sites (tertiary alicyclic amines) is 1. The fraction of sp³-hybridized carbons (Fsp3) is 0.933. The first-order valence-electron chi connectivity index (χ1n) is 7.45. The lowest BCUT2D eigenvalue weighted by Gasteiger charge is -2.34. The summed E-state index contributed by atoms with van der Waals surface area (Å²) >= 11 is 0. The van der Waals surface area contributed by atoms with Gasteiger partial charge in [-0.15, -0.1) is 0 Å². The van der Waals surface area contributed by atoms with Crippen LogP contribution in [0.3, 0.4) is 0 Å². The molecule has 1 amide bonds. The third-order valence-electron chi connectivity index (χ3n) is 4.43. The van der Waals surface area contributed by atoms with Crippen LogP contribution in [-0.4, -0.2) is 35.7 Å². The smallest absolute Gasteiger partial charge is 0.410 e. The van der Waals surface area contributed by atoms with Crippen LogP contribution >= 0.6 is 0 Å². The minimum absolute atomic E-state index is 0.160. The van der Waals surface area contributed by atoms with E-state index in [2.05, 4.69) is 6.92 Å². The van der Waals surface area contributed by atoms with E-state index in [9.17, 15) is 4.79 Å². The molecule has 0 bridgehead atoms. The van der Waals surface area contributed by atoms with E-state index in [-0.39, 0.29) is 6.09 Å². The van der Waals surface area contributed by atoms with Gasteiger partial charge in [-0.3, -0.25) is 0 Å². The molecule has 1 spiro atoms. The van der Waals surface area contributed by atoms with Crippen molar-refractivity contribution < 1.29 is 9.53 Å². The van der Waals surface area contributed by atoms with Crippen molar-refractivity contribution in [1.82, 2.24) is 4.90 Å². The maximum atomic E-state index is 12.0. The highest BCUT2D eigenvalue weighted by molar-refractivity contribution is 5.68. The van der Waals surface area contributed by atoms with Crippen LogP contribution in [0.5, 0.6) is 0 Å². The normalized spacial score (nSPS) is 27.2. The molecule has 2 atom stereocenters. The summed E-state index contributed by atoms with van der Waals surface area (Å²) in [5.41, 5.74) is 5.98. The van der Waals surface area contributed by atoms with Crippen LogP contribution < -0.4 is 5.73 Å². The third kappa shape index (κ3) is 3.62. The van der Waals surface area contributed by atoms with Gasteiger partial charge in [-0.25, -0.2) is 4.79 Å². The van der Waals surface area contributed by atoms with Gasteiger partial charge in [0.15, 0.2) is 0 Å². The Hall–Kier alpha value is -0.770. The molecule has 19 heavy (non-hydrogen) atoms. The van der Waals surface area contributed by atoms with Gasteiger partial charge in [0.05, 0.1) is 0 Å². The molecule has 110 valence electrons. The van der Waals surface area contributed by atoms with E-state index in [1.807, 2.05) is 25.7 Å². The Balaban J connectivity index is 1.79. The minimum atomic E-state index is -0.399. The molecule has 0 aromatic heterocycles. The van der Waals surface area contributed by atoms with Crippen LogP contribution in [-0.2, 0) is 4.74 Å². The van der Waals surface area contributed by atoms with Crippen LogP contribution in [0.4, 0.5) is 4.79 Å². The number of amides is 1. The Kier molecular flexibility index (Phi) is 3.83. The van der Waals surface area contributed by atoms with E-state index in [4.69, 9.17) is 10.5 Å². The molecule has 1 aliphatic carbocycles. The van der Waals surface area contributed by atoms with Gasteiger partial charge in [-0.2, -0.15) is 0 Å². The van der Waals surface area contributed by atoms with Gasteiger partial charge in [-0.05, 0) is 64.7 Å². The third-order valence-corrected chi connectivity index (χ3v) is 4.43. The number of nitrogens with two attached hydrogens (primary N) is 1. The van der Waals surface area contributed by atoms with Gasteiger partial charge in [0.2, 0.25) is 0 Å². The average Bonchev–Trinajstić information content (AvgIpc) is 2.88. The minimum Gasteiger partial charge on any atom is -0.444 e. The quantitative estimate of drug-likeness (QED) is 0.838. The fourth-order valence-corrected chi connectivity index (χ4v) is 3.29. The van der Waals surface area contributed by atoms with Gasteiger partial charge >= 0.3 is 6.09 Å². The maximum absolute atomic E-state index is 12.0. The van der Waals surface area contributed by atoms with Crippen molar-refractivity contribution in [2.24, 2.45) is 17.1 Å². The van der Waals surface area contributed by atoms with Gasteiger partial charge in [-0.1, -0.05) is 0 Å². The van der Waals surface area contributed by atoms with Crippen LogP contribution in [0.2, 0.25) is 0 Å². The van der Waals surface area contributed by atoms with Crippen molar-refractivity contribution in [2.45, 2.75) is 65.0 Å². The number of rotatable bonds is 2. The van der Waals surface area contributed by atoms with E-state index >= 15 is 0 Å². The van der Waals surface area contributed by atoms with Crippen molar-refractivity contribution >= 4 is 6.09 Å². The number of carbonyl (C=O) groups excluding carboxylic acids is 1. The molecule has 1 aliphatic heterocycles. The summed E-state index contributed by atoms with van der Waals surface area (Å²) < 4.78 is 5.42. The Morgan fingerprint density at radius 1 is 1.42 bits per heavy atom. The van der Waals surface area contributed by atoms with Crippen LogP contribution in [0.15, 0.2) is 0 Å². The topological polar surface area (TPSA) is 55.6 Å². The lowest BCUT2D eigenvalue weighted by Crippen LogP contribution is -2.42. The summed E-state index contributed by atoms with van der Waals surface area (Å²) in [4.78, 5) is 13.8. The number of ether oxygens (including phenoxy) is 1. The number of nitrogens with zero attached hydrogens (tertiary/aromatic N) is 1. The van der Waals surface area contributed by atoms with E-state index in [0.717, 1.165) is 38.3 Å². The van der Waals surface area contributed by atoms with Crippen molar-refractivity contribution in [1.29, 1.82) is 0 Å². The molecule has 0 aromatic rings.